The van der Waals surface area contributed by atoms with Gasteiger partial charge in [-0.1, -0.05) is 11.6 Å². The van der Waals surface area contributed by atoms with Crippen molar-refractivity contribution in [1.82, 2.24) is 4.98 Å². The molecule has 6 heteroatoms. The Morgan fingerprint density at radius 3 is 1.68 bits per heavy atom. The van der Waals surface area contributed by atoms with Crippen LogP contribution in [-0.2, 0) is 9.47 Å². The molecule has 0 spiro atoms. The minimum atomic E-state index is -0.604. The lowest BCUT2D eigenvalue weighted by atomic mass is 10.1. The molecule has 0 aliphatic carbocycles. The minimum absolute atomic E-state index is 0.0421. The first-order chi connectivity index (χ1) is 8.93. The van der Waals surface area contributed by atoms with Crippen LogP contribution in [0.5, 0.6) is 0 Å². The molecule has 0 aliphatic rings. The van der Waals surface area contributed by atoms with Crippen molar-refractivity contribution < 1.29 is 19.1 Å². The largest absolute Gasteiger partial charge is 0.461 e. The van der Waals surface area contributed by atoms with E-state index in [9.17, 15) is 9.59 Å². The van der Waals surface area contributed by atoms with Gasteiger partial charge in [0.25, 0.3) is 0 Å². The normalized spacial score (nSPS) is 10.2. The van der Waals surface area contributed by atoms with Crippen LogP contribution in [-0.4, -0.2) is 30.1 Å². The van der Waals surface area contributed by atoms with Crippen LogP contribution in [0.3, 0.4) is 0 Å². The number of rotatable bonds is 4. The monoisotopic (exact) mass is 285 g/mol. The number of aromatic nitrogens is 1. The van der Waals surface area contributed by atoms with Gasteiger partial charge in [-0.15, -0.1) is 0 Å². The van der Waals surface area contributed by atoms with E-state index in [1.54, 1.807) is 27.7 Å². The predicted octanol–water partition coefficient (Wildman–Crippen LogP) is 2.71. The van der Waals surface area contributed by atoms with E-state index in [0.29, 0.717) is 16.1 Å². The van der Waals surface area contributed by atoms with E-state index in [4.69, 9.17) is 21.1 Å². The summed E-state index contributed by atoms with van der Waals surface area (Å²) in [7, 11) is 0. The smallest absolute Gasteiger partial charge is 0.357 e. The molecular weight excluding hydrogens is 270 g/mol. The van der Waals surface area contributed by atoms with Gasteiger partial charge in [0.15, 0.2) is 11.4 Å². The molecule has 1 heterocycles. The molecule has 0 bridgehead atoms. The number of carbonyl (C=O) groups is 2. The zero-order chi connectivity index (χ0) is 14.6. The highest BCUT2D eigenvalue weighted by Crippen LogP contribution is 2.25. The molecule has 0 saturated carbocycles. The first kappa shape index (κ1) is 15.4. The summed E-state index contributed by atoms with van der Waals surface area (Å²) in [5.41, 5.74) is 1.07. The first-order valence-corrected chi connectivity index (χ1v) is 6.32. The summed E-state index contributed by atoms with van der Waals surface area (Å²) in [6.07, 6.45) is 0. The van der Waals surface area contributed by atoms with Gasteiger partial charge in [0.05, 0.1) is 18.2 Å². The highest BCUT2D eigenvalue weighted by Gasteiger charge is 2.23. The van der Waals surface area contributed by atoms with E-state index in [1.165, 1.54) is 0 Å². The highest BCUT2D eigenvalue weighted by atomic mass is 35.5. The summed E-state index contributed by atoms with van der Waals surface area (Å²) in [4.78, 5) is 27.6. The summed E-state index contributed by atoms with van der Waals surface area (Å²) in [6, 6.07) is 0. The molecular formula is C13H16ClNO4. The Balaban J connectivity index is 3.34. The number of esters is 2. The number of halogens is 1. The van der Waals surface area contributed by atoms with Gasteiger partial charge in [-0.3, -0.25) is 0 Å². The fourth-order valence-electron chi connectivity index (χ4n) is 1.57. The van der Waals surface area contributed by atoms with E-state index < -0.39 is 11.9 Å². The van der Waals surface area contributed by atoms with Gasteiger partial charge in [-0.2, -0.15) is 0 Å². The second-order valence-corrected chi connectivity index (χ2v) is 4.19. The lowest BCUT2D eigenvalue weighted by molar-refractivity contribution is 0.0510. The third kappa shape index (κ3) is 3.23. The first-order valence-electron chi connectivity index (χ1n) is 5.94. The Hall–Kier alpha value is -1.62. The average molecular weight is 286 g/mol. The summed E-state index contributed by atoms with van der Waals surface area (Å²) in [5.74, 6) is -1.21. The number of hydrogen-bond donors (Lipinski definition) is 0. The summed E-state index contributed by atoms with van der Waals surface area (Å²) >= 11 is 6.12. The van der Waals surface area contributed by atoms with Gasteiger partial charge in [-0.25, -0.2) is 14.6 Å². The second-order valence-electron chi connectivity index (χ2n) is 3.81. The third-order valence-electron chi connectivity index (χ3n) is 2.53. The molecule has 1 aromatic rings. The Kier molecular flexibility index (Phi) is 5.30. The van der Waals surface area contributed by atoms with Crippen molar-refractivity contribution >= 4 is 23.5 Å². The third-order valence-corrected chi connectivity index (χ3v) is 3.10. The van der Waals surface area contributed by atoms with Crippen molar-refractivity contribution in [3.63, 3.8) is 0 Å². The van der Waals surface area contributed by atoms with E-state index in [0.717, 1.165) is 0 Å². The quantitative estimate of drug-likeness (QED) is 0.796. The molecule has 0 aromatic carbocycles. The number of nitrogens with zero attached hydrogens (tertiary/aromatic N) is 1. The van der Waals surface area contributed by atoms with Crippen LogP contribution in [0, 0.1) is 13.8 Å². The Morgan fingerprint density at radius 2 is 1.37 bits per heavy atom. The second kappa shape index (κ2) is 6.52. The van der Waals surface area contributed by atoms with E-state index >= 15 is 0 Å². The van der Waals surface area contributed by atoms with Gasteiger partial charge >= 0.3 is 11.9 Å². The summed E-state index contributed by atoms with van der Waals surface area (Å²) < 4.78 is 9.77. The van der Waals surface area contributed by atoms with E-state index in [-0.39, 0.29) is 24.6 Å². The predicted molar refractivity (Wildman–Crippen MR) is 70.6 cm³/mol. The van der Waals surface area contributed by atoms with Crippen LogP contribution in [0.2, 0.25) is 5.02 Å². The van der Waals surface area contributed by atoms with Gasteiger partial charge < -0.3 is 9.47 Å². The molecule has 0 radical (unpaired) electrons. The summed E-state index contributed by atoms with van der Waals surface area (Å²) in [6.45, 7) is 7.14. The number of pyridine rings is 1. The van der Waals surface area contributed by atoms with Crippen molar-refractivity contribution in [3.05, 3.63) is 27.5 Å². The fraction of sp³-hybridized carbons (Fsp3) is 0.462. The van der Waals surface area contributed by atoms with Crippen molar-refractivity contribution in [3.8, 4) is 0 Å². The molecule has 0 atom stereocenters. The fourth-order valence-corrected chi connectivity index (χ4v) is 1.74. The molecule has 19 heavy (non-hydrogen) atoms. The van der Waals surface area contributed by atoms with Gasteiger partial charge in [0.2, 0.25) is 0 Å². The molecule has 0 unspecified atom stereocenters. The van der Waals surface area contributed by atoms with Crippen molar-refractivity contribution in [1.29, 1.82) is 0 Å². The summed E-state index contributed by atoms with van der Waals surface area (Å²) in [5, 5.41) is 0.320. The molecule has 1 rings (SSSR count). The Labute approximate surface area is 116 Å². The SMILES string of the molecule is CCOC(=O)c1nc(C(=O)OCC)c(C)c(Cl)c1C. The molecule has 5 nitrogen and oxygen atoms in total. The zero-order valence-corrected chi connectivity index (χ0v) is 12.1. The molecule has 0 amide bonds. The van der Waals surface area contributed by atoms with Gasteiger partial charge in [-0.05, 0) is 27.7 Å². The standard InChI is InChI=1S/C13H16ClNO4/c1-5-18-12(16)10-7(3)9(14)8(4)11(15-10)13(17)19-6-2/h5-6H2,1-4H3. The van der Waals surface area contributed by atoms with Crippen LogP contribution in [0.1, 0.15) is 46.0 Å². The van der Waals surface area contributed by atoms with Crippen LogP contribution >= 0.6 is 11.6 Å². The minimum Gasteiger partial charge on any atom is -0.461 e. The number of hydrogen-bond acceptors (Lipinski definition) is 5. The number of carbonyl (C=O) groups excluding carboxylic acids is 2. The molecule has 1 aromatic heterocycles. The Bertz CT molecular complexity index is 472. The molecule has 0 N–H and O–H groups in total. The zero-order valence-electron chi connectivity index (χ0n) is 11.4. The van der Waals surface area contributed by atoms with Gasteiger partial charge in [0, 0.05) is 11.1 Å². The van der Waals surface area contributed by atoms with Crippen molar-refractivity contribution in [2.75, 3.05) is 13.2 Å². The lowest BCUT2D eigenvalue weighted by Crippen LogP contribution is -2.16. The topological polar surface area (TPSA) is 65.5 Å². The molecule has 0 saturated heterocycles. The molecule has 104 valence electrons. The highest BCUT2D eigenvalue weighted by molar-refractivity contribution is 6.33. The Morgan fingerprint density at radius 1 is 1.00 bits per heavy atom. The van der Waals surface area contributed by atoms with Gasteiger partial charge in [0.1, 0.15) is 0 Å². The average Bonchev–Trinajstić information content (AvgIpc) is 2.36. The van der Waals surface area contributed by atoms with Crippen LogP contribution < -0.4 is 0 Å². The number of ether oxygens (including phenoxy) is 2. The van der Waals surface area contributed by atoms with Crippen LogP contribution in [0.15, 0.2) is 0 Å². The molecule has 0 aliphatic heterocycles. The van der Waals surface area contributed by atoms with Crippen LogP contribution in [0.4, 0.5) is 0 Å². The maximum Gasteiger partial charge on any atom is 0.357 e. The molecule has 0 fully saturated rings. The maximum absolute atomic E-state index is 11.8. The van der Waals surface area contributed by atoms with E-state index in [1.807, 2.05) is 0 Å². The van der Waals surface area contributed by atoms with Crippen molar-refractivity contribution in [2.24, 2.45) is 0 Å². The van der Waals surface area contributed by atoms with Crippen molar-refractivity contribution in [2.45, 2.75) is 27.7 Å². The van der Waals surface area contributed by atoms with E-state index in [2.05, 4.69) is 4.98 Å². The lowest BCUT2D eigenvalue weighted by Gasteiger charge is -2.12. The van der Waals surface area contributed by atoms with Crippen LogP contribution in [0.25, 0.3) is 0 Å². The maximum atomic E-state index is 11.8.